The lowest BCUT2D eigenvalue weighted by Crippen LogP contribution is -2.38. The predicted molar refractivity (Wildman–Crippen MR) is 81.4 cm³/mol. The minimum absolute atomic E-state index is 0.00180. The van der Waals surface area contributed by atoms with E-state index in [2.05, 4.69) is 10.4 Å². The van der Waals surface area contributed by atoms with Gasteiger partial charge < -0.3 is 5.32 Å². The van der Waals surface area contributed by atoms with Crippen LogP contribution in [0.5, 0.6) is 0 Å². The van der Waals surface area contributed by atoms with E-state index >= 15 is 0 Å². The Labute approximate surface area is 127 Å². The van der Waals surface area contributed by atoms with Gasteiger partial charge in [-0.3, -0.25) is 19.6 Å². The van der Waals surface area contributed by atoms with Crippen molar-refractivity contribution in [2.24, 2.45) is 0 Å². The van der Waals surface area contributed by atoms with Gasteiger partial charge in [0.15, 0.2) is 0 Å². The molecule has 2 aromatic rings. The van der Waals surface area contributed by atoms with Gasteiger partial charge in [-0.05, 0) is 18.9 Å². The zero-order chi connectivity index (χ0) is 15.5. The van der Waals surface area contributed by atoms with E-state index in [4.69, 9.17) is 0 Å². The lowest BCUT2D eigenvalue weighted by molar-refractivity contribution is -0.384. The maximum atomic E-state index is 12.1. The van der Waals surface area contributed by atoms with Crippen molar-refractivity contribution in [3.63, 3.8) is 0 Å². The first-order chi connectivity index (χ1) is 10.6. The quantitative estimate of drug-likeness (QED) is 0.693. The van der Waals surface area contributed by atoms with Crippen molar-refractivity contribution < 1.29 is 9.72 Å². The van der Waals surface area contributed by atoms with Gasteiger partial charge in [0.2, 0.25) is 5.91 Å². The molecule has 1 fully saturated rings. The van der Waals surface area contributed by atoms with E-state index < -0.39 is 4.92 Å². The van der Waals surface area contributed by atoms with E-state index in [0.717, 1.165) is 31.1 Å². The highest BCUT2D eigenvalue weighted by molar-refractivity contribution is 5.83. The molecule has 22 heavy (non-hydrogen) atoms. The van der Waals surface area contributed by atoms with E-state index in [9.17, 15) is 14.9 Å². The summed E-state index contributed by atoms with van der Waals surface area (Å²) in [7, 11) is 0. The number of hydrogen-bond acceptors (Lipinski definition) is 4. The van der Waals surface area contributed by atoms with Gasteiger partial charge in [-0.2, -0.15) is 5.10 Å². The maximum Gasteiger partial charge on any atom is 0.271 e. The molecule has 1 aromatic carbocycles. The Bertz CT molecular complexity index is 704. The summed E-state index contributed by atoms with van der Waals surface area (Å²) in [5, 5.41) is 18.8. The molecule has 0 spiro atoms. The minimum atomic E-state index is -0.446. The number of carbonyl (C=O) groups excluding carboxylic acids is 1. The van der Waals surface area contributed by atoms with Crippen LogP contribution in [0.4, 0.5) is 5.69 Å². The Morgan fingerprint density at radius 1 is 1.36 bits per heavy atom. The summed E-state index contributed by atoms with van der Waals surface area (Å²) in [5.74, 6) is -0.0941. The highest BCUT2D eigenvalue weighted by atomic mass is 16.6. The molecule has 0 radical (unpaired) electrons. The third kappa shape index (κ3) is 3.08. The van der Waals surface area contributed by atoms with Crippen molar-refractivity contribution in [3.8, 4) is 0 Å². The normalized spacial score (nSPS) is 15.8. The number of amides is 1. The molecule has 0 atom stereocenters. The smallest absolute Gasteiger partial charge is 0.271 e. The van der Waals surface area contributed by atoms with Crippen molar-refractivity contribution in [2.75, 3.05) is 0 Å². The lowest BCUT2D eigenvalue weighted by atomic mass is 9.95. The van der Waals surface area contributed by atoms with E-state index in [1.54, 1.807) is 12.3 Å². The summed E-state index contributed by atoms with van der Waals surface area (Å²) in [5.41, 5.74) is 0.606. The largest absolute Gasteiger partial charge is 0.352 e. The van der Waals surface area contributed by atoms with E-state index in [1.807, 2.05) is 0 Å². The zero-order valence-electron chi connectivity index (χ0n) is 12.2. The van der Waals surface area contributed by atoms with Gasteiger partial charge in [0.25, 0.3) is 5.69 Å². The van der Waals surface area contributed by atoms with E-state index in [-0.39, 0.29) is 24.2 Å². The van der Waals surface area contributed by atoms with Crippen LogP contribution in [0.25, 0.3) is 10.9 Å². The van der Waals surface area contributed by atoms with Crippen LogP contribution in [0, 0.1) is 10.1 Å². The fraction of sp³-hybridized carbons (Fsp3) is 0.467. The number of aromatic nitrogens is 2. The Hall–Kier alpha value is -2.44. The van der Waals surface area contributed by atoms with Gasteiger partial charge in [0.05, 0.1) is 16.6 Å². The number of carbonyl (C=O) groups is 1. The number of nitrogens with one attached hydrogen (secondary N) is 1. The highest BCUT2D eigenvalue weighted by Crippen LogP contribution is 2.21. The van der Waals surface area contributed by atoms with Gasteiger partial charge in [-0.15, -0.1) is 0 Å². The molecule has 0 saturated heterocycles. The third-order valence-corrected chi connectivity index (χ3v) is 4.10. The van der Waals surface area contributed by atoms with Gasteiger partial charge in [-0.25, -0.2) is 0 Å². The Morgan fingerprint density at radius 2 is 2.14 bits per heavy atom. The number of hydrogen-bond donors (Lipinski definition) is 1. The molecule has 0 unspecified atom stereocenters. The Morgan fingerprint density at radius 3 is 2.86 bits per heavy atom. The molecule has 1 aromatic heterocycles. The average Bonchev–Trinajstić information content (AvgIpc) is 2.90. The molecule has 3 rings (SSSR count). The summed E-state index contributed by atoms with van der Waals surface area (Å²) in [4.78, 5) is 22.5. The van der Waals surface area contributed by atoms with Crippen LogP contribution >= 0.6 is 0 Å². The second-order valence-corrected chi connectivity index (χ2v) is 5.70. The van der Waals surface area contributed by atoms with E-state index in [1.165, 1.54) is 23.2 Å². The van der Waals surface area contributed by atoms with E-state index in [0.29, 0.717) is 5.52 Å². The number of rotatable bonds is 4. The molecule has 7 nitrogen and oxygen atoms in total. The molecule has 0 bridgehead atoms. The van der Waals surface area contributed by atoms with Crippen molar-refractivity contribution in [2.45, 2.75) is 44.7 Å². The average molecular weight is 302 g/mol. The molecule has 1 aliphatic carbocycles. The summed E-state index contributed by atoms with van der Waals surface area (Å²) in [6, 6.07) is 4.79. The second kappa shape index (κ2) is 6.13. The first kappa shape index (κ1) is 14.5. The first-order valence-electron chi connectivity index (χ1n) is 7.53. The number of non-ortho nitro benzene ring substituents is 1. The number of nitro groups is 1. The number of fused-ring (bicyclic) bond motifs is 1. The van der Waals surface area contributed by atoms with Crippen molar-refractivity contribution >= 4 is 22.5 Å². The number of benzene rings is 1. The van der Waals surface area contributed by atoms with Crippen LogP contribution in [0.15, 0.2) is 24.4 Å². The monoisotopic (exact) mass is 302 g/mol. The van der Waals surface area contributed by atoms with Crippen LogP contribution in [-0.2, 0) is 11.3 Å². The van der Waals surface area contributed by atoms with Crippen LogP contribution in [0.3, 0.4) is 0 Å². The molecule has 1 amide bonds. The fourth-order valence-corrected chi connectivity index (χ4v) is 2.95. The van der Waals surface area contributed by atoms with Gasteiger partial charge in [0.1, 0.15) is 6.54 Å². The second-order valence-electron chi connectivity index (χ2n) is 5.70. The predicted octanol–water partition coefficient (Wildman–Crippen LogP) is 2.39. The molecule has 116 valence electrons. The summed E-state index contributed by atoms with van der Waals surface area (Å²) < 4.78 is 1.51. The van der Waals surface area contributed by atoms with Gasteiger partial charge >= 0.3 is 0 Å². The topological polar surface area (TPSA) is 90.1 Å². The van der Waals surface area contributed by atoms with Crippen molar-refractivity contribution in [1.82, 2.24) is 15.1 Å². The minimum Gasteiger partial charge on any atom is -0.352 e. The van der Waals surface area contributed by atoms with Crippen LogP contribution in [0.2, 0.25) is 0 Å². The first-order valence-corrected chi connectivity index (χ1v) is 7.53. The fourth-order valence-electron chi connectivity index (χ4n) is 2.95. The molecular formula is C15H18N4O3. The number of nitro benzene ring substituents is 1. The standard InChI is InChI=1S/C15H18N4O3/c20-15(17-12-4-2-1-3-5-12)10-18-14-8-13(19(21)22)7-6-11(14)9-16-18/h6-9,12H,1-5,10H2,(H,17,20). The maximum absolute atomic E-state index is 12.1. The SMILES string of the molecule is O=C(Cn1ncc2ccc([N+](=O)[O-])cc21)NC1CCCCC1. The van der Waals surface area contributed by atoms with Gasteiger partial charge in [-0.1, -0.05) is 19.3 Å². The summed E-state index contributed by atoms with van der Waals surface area (Å²) in [6.45, 7) is 0.0845. The summed E-state index contributed by atoms with van der Waals surface area (Å²) >= 11 is 0. The molecule has 7 heteroatoms. The molecular weight excluding hydrogens is 284 g/mol. The van der Waals surface area contributed by atoms with Crippen LogP contribution < -0.4 is 5.32 Å². The Kier molecular flexibility index (Phi) is 4.04. The molecule has 1 heterocycles. The van der Waals surface area contributed by atoms with Crippen molar-refractivity contribution in [3.05, 3.63) is 34.5 Å². The number of nitrogens with zero attached hydrogens (tertiary/aromatic N) is 3. The molecule has 1 saturated carbocycles. The van der Waals surface area contributed by atoms with Crippen molar-refractivity contribution in [1.29, 1.82) is 0 Å². The Balaban J connectivity index is 1.73. The van der Waals surface area contributed by atoms with Crippen LogP contribution in [-0.4, -0.2) is 26.7 Å². The highest BCUT2D eigenvalue weighted by Gasteiger charge is 2.17. The van der Waals surface area contributed by atoms with Gasteiger partial charge in [0, 0.05) is 23.6 Å². The summed E-state index contributed by atoms with van der Waals surface area (Å²) in [6.07, 6.45) is 7.21. The zero-order valence-corrected chi connectivity index (χ0v) is 12.2. The molecule has 0 aliphatic heterocycles. The third-order valence-electron chi connectivity index (χ3n) is 4.10. The lowest BCUT2D eigenvalue weighted by Gasteiger charge is -2.22. The molecule has 1 N–H and O–H groups in total. The van der Waals surface area contributed by atoms with Crippen LogP contribution in [0.1, 0.15) is 32.1 Å². The molecule has 1 aliphatic rings.